The zero-order valence-electron chi connectivity index (χ0n) is 20.1. The van der Waals surface area contributed by atoms with E-state index in [1.807, 2.05) is 93.6 Å². The van der Waals surface area contributed by atoms with Gasteiger partial charge in [-0.2, -0.15) is 0 Å². The lowest BCUT2D eigenvalue weighted by molar-refractivity contribution is -0.141. The summed E-state index contributed by atoms with van der Waals surface area (Å²) in [4.78, 5) is 28.7. The zero-order chi connectivity index (χ0) is 24.5. The van der Waals surface area contributed by atoms with Crippen LogP contribution in [0, 0.1) is 6.92 Å². The number of nitrogens with zero attached hydrogens (tertiary/aromatic N) is 1. The lowest BCUT2D eigenvalue weighted by Crippen LogP contribution is -2.51. The number of nitrogens with one attached hydrogen (secondary N) is 1. The van der Waals surface area contributed by atoms with Crippen molar-refractivity contribution in [2.24, 2.45) is 0 Å². The molecule has 1 N–H and O–H groups in total. The number of hydrogen-bond donors (Lipinski definition) is 1. The molecule has 1 atom stereocenters. The number of carbonyl (C=O) groups is 2. The van der Waals surface area contributed by atoms with Gasteiger partial charge < -0.3 is 10.2 Å². The number of aryl methyl sites for hydroxylation is 2. The fourth-order valence-electron chi connectivity index (χ4n) is 4.03. The standard InChI is InChI=1S/C29H33ClN2O2/c1-21(2)31-29(34)27(19-23-11-5-4-6-12-23)32(20-24-13-9-10-22(3)18-24)28(33)17-16-25-14-7-8-15-26(25)30/h4-15,18,21,27H,16-17,19-20H2,1-3H3,(H,31,34)/t27-/m1/s1. The molecule has 3 aromatic carbocycles. The fraction of sp³-hybridized carbons (Fsp3) is 0.310. The number of carbonyl (C=O) groups excluding carboxylic acids is 2. The van der Waals surface area contributed by atoms with Crippen molar-refractivity contribution in [1.29, 1.82) is 0 Å². The molecule has 178 valence electrons. The molecule has 0 spiro atoms. The molecule has 0 heterocycles. The Morgan fingerprint density at radius 2 is 1.59 bits per heavy atom. The van der Waals surface area contributed by atoms with E-state index < -0.39 is 6.04 Å². The van der Waals surface area contributed by atoms with Crippen LogP contribution in [-0.2, 0) is 29.0 Å². The third-order valence-electron chi connectivity index (χ3n) is 5.70. The van der Waals surface area contributed by atoms with Crippen LogP contribution < -0.4 is 5.32 Å². The van der Waals surface area contributed by atoms with Crippen LogP contribution in [0.15, 0.2) is 78.9 Å². The van der Waals surface area contributed by atoms with Crippen molar-refractivity contribution >= 4 is 23.4 Å². The minimum absolute atomic E-state index is 0.0233. The van der Waals surface area contributed by atoms with E-state index in [0.717, 1.165) is 22.3 Å². The Bertz CT molecular complexity index is 1100. The van der Waals surface area contributed by atoms with Gasteiger partial charge in [-0.3, -0.25) is 9.59 Å². The monoisotopic (exact) mass is 476 g/mol. The molecule has 0 radical (unpaired) electrons. The third-order valence-corrected chi connectivity index (χ3v) is 6.07. The molecular formula is C29H33ClN2O2. The molecule has 3 aromatic rings. The molecular weight excluding hydrogens is 444 g/mol. The van der Waals surface area contributed by atoms with Gasteiger partial charge in [0.2, 0.25) is 11.8 Å². The first-order valence-electron chi connectivity index (χ1n) is 11.8. The van der Waals surface area contributed by atoms with E-state index in [1.54, 1.807) is 4.90 Å². The summed E-state index contributed by atoms with van der Waals surface area (Å²) in [5.74, 6) is -0.209. The first-order valence-corrected chi connectivity index (χ1v) is 12.1. The van der Waals surface area contributed by atoms with Crippen molar-refractivity contribution in [2.45, 2.75) is 58.7 Å². The number of benzene rings is 3. The maximum absolute atomic E-state index is 13.6. The predicted molar refractivity (Wildman–Crippen MR) is 139 cm³/mol. The summed E-state index contributed by atoms with van der Waals surface area (Å²) in [7, 11) is 0. The van der Waals surface area contributed by atoms with Crippen LogP contribution in [0.4, 0.5) is 0 Å². The van der Waals surface area contributed by atoms with Crippen molar-refractivity contribution in [2.75, 3.05) is 0 Å². The highest BCUT2D eigenvalue weighted by Crippen LogP contribution is 2.20. The highest BCUT2D eigenvalue weighted by Gasteiger charge is 2.30. The van der Waals surface area contributed by atoms with Gasteiger partial charge in [-0.25, -0.2) is 0 Å². The zero-order valence-corrected chi connectivity index (χ0v) is 20.9. The van der Waals surface area contributed by atoms with E-state index in [-0.39, 0.29) is 24.3 Å². The summed E-state index contributed by atoms with van der Waals surface area (Å²) in [6.07, 6.45) is 1.24. The molecule has 4 nitrogen and oxygen atoms in total. The molecule has 0 aliphatic heterocycles. The van der Waals surface area contributed by atoms with Gasteiger partial charge in [0, 0.05) is 30.5 Å². The second kappa shape index (κ2) is 12.4. The van der Waals surface area contributed by atoms with Crippen LogP contribution >= 0.6 is 11.6 Å². The summed E-state index contributed by atoms with van der Waals surface area (Å²) in [6.45, 7) is 6.26. The molecule has 0 aromatic heterocycles. The van der Waals surface area contributed by atoms with Crippen LogP contribution in [0.1, 0.15) is 42.5 Å². The molecule has 0 saturated carbocycles. The Kier molecular flexibility index (Phi) is 9.29. The normalized spacial score (nSPS) is 11.8. The van der Waals surface area contributed by atoms with Gasteiger partial charge in [-0.05, 0) is 49.9 Å². The van der Waals surface area contributed by atoms with Gasteiger partial charge >= 0.3 is 0 Å². The number of hydrogen-bond acceptors (Lipinski definition) is 2. The van der Waals surface area contributed by atoms with Crippen molar-refractivity contribution in [1.82, 2.24) is 10.2 Å². The number of halogens is 1. The quantitative estimate of drug-likeness (QED) is 0.405. The molecule has 0 unspecified atom stereocenters. The number of amides is 2. The molecule has 0 fully saturated rings. The Balaban J connectivity index is 1.92. The Labute approximate surface area is 207 Å². The highest BCUT2D eigenvalue weighted by atomic mass is 35.5. The lowest BCUT2D eigenvalue weighted by atomic mass is 10.0. The van der Waals surface area contributed by atoms with E-state index in [1.165, 1.54) is 0 Å². The largest absolute Gasteiger partial charge is 0.352 e. The summed E-state index contributed by atoms with van der Waals surface area (Å²) < 4.78 is 0. The summed E-state index contributed by atoms with van der Waals surface area (Å²) in [5.41, 5.74) is 4.06. The van der Waals surface area contributed by atoms with Gasteiger partial charge in [-0.1, -0.05) is 90.0 Å². The molecule has 34 heavy (non-hydrogen) atoms. The average molecular weight is 477 g/mol. The topological polar surface area (TPSA) is 49.4 Å². The molecule has 0 bridgehead atoms. The predicted octanol–water partition coefficient (Wildman–Crippen LogP) is 5.75. The summed E-state index contributed by atoms with van der Waals surface area (Å²) >= 11 is 6.32. The minimum atomic E-state index is -0.621. The third kappa shape index (κ3) is 7.46. The average Bonchev–Trinajstić information content (AvgIpc) is 2.81. The van der Waals surface area contributed by atoms with E-state index in [0.29, 0.717) is 24.4 Å². The van der Waals surface area contributed by atoms with E-state index in [4.69, 9.17) is 11.6 Å². The summed E-state index contributed by atoms with van der Waals surface area (Å²) in [5, 5.41) is 3.68. The van der Waals surface area contributed by atoms with Crippen molar-refractivity contribution in [3.05, 3.63) is 106 Å². The van der Waals surface area contributed by atoms with Crippen LogP contribution in [0.2, 0.25) is 5.02 Å². The first kappa shape index (κ1) is 25.5. The highest BCUT2D eigenvalue weighted by molar-refractivity contribution is 6.31. The first-order chi connectivity index (χ1) is 16.3. The van der Waals surface area contributed by atoms with Gasteiger partial charge in [0.15, 0.2) is 0 Å². The summed E-state index contributed by atoms with van der Waals surface area (Å²) in [6, 6.07) is 24.9. The van der Waals surface area contributed by atoms with Crippen LogP contribution in [-0.4, -0.2) is 28.8 Å². The van der Waals surface area contributed by atoms with E-state index in [9.17, 15) is 9.59 Å². The van der Waals surface area contributed by atoms with E-state index in [2.05, 4.69) is 11.4 Å². The molecule has 0 aliphatic carbocycles. The minimum Gasteiger partial charge on any atom is -0.352 e. The Morgan fingerprint density at radius 3 is 2.26 bits per heavy atom. The Morgan fingerprint density at radius 1 is 0.912 bits per heavy atom. The lowest BCUT2D eigenvalue weighted by Gasteiger charge is -2.32. The van der Waals surface area contributed by atoms with Crippen LogP contribution in [0.25, 0.3) is 0 Å². The van der Waals surface area contributed by atoms with Crippen LogP contribution in [0.3, 0.4) is 0 Å². The van der Waals surface area contributed by atoms with Crippen LogP contribution in [0.5, 0.6) is 0 Å². The Hall–Kier alpha value is -3.11. The van der Waals surface area contributed by atoms with Gasteiger partial charge in [0.05, 0.1) is 0 Å². The second-order valence-corrected chi connectivity index (χ2v) is 9.38. The maximum Gasteiger partial charge on any atom is 0.243 e. The van der Waals surface area contributed by atoms with E-state index >= 15 is 0 Å². The molecule has 3 rings (SSSR count). The van der Waals surface area contributed by atoms with Crippen molar-refractivity contribution in [3.63, 3.8) is 0 Å². The fourth-order valence-corrected chi connectivity index (χ4v) is 4.26. The van der Waals surface area contributed by atoms with Gasteiger partial charge in [0.25, 0.3) is 0 Å². The number of rotatable bonds is 10. The van der Waals surface area contributed by atoms with Crippen molar-refractivity contribution in [3.8, 4) is 0 Å². The second-order valence-electron chi connectivity index (χ2n) is 8.97. The SMILES string of the molecule is Cc1cccc(CN(C(=O)CCc2ccccc2Cl)[C@H](Cc2ccccc2)C(=O)NC(C)C)c1. The molecule has 0 saturated heterocycles. The van der Waals surface area contributed by atoms with Gasteiger partial charge in [-0.15, -0.1) is 0 Å². The van der Waals surface area contributed by atoms with Gasteiger partial charge in [0.1, 0.15) is 6.04 Å². The molecule has 0 aliphatic rings. The smallest absolute Gasteiger partial charge is 0.243 e. The maximum atomic E-state index is 13.6. The van der Waals surface area contributed by atoms with Crippen molar-refractivity contribution < 1.29 is 9.59 Å². The molecule has 2 amide bonds. The molecule has 5 heteroatoms.